The van der Waals surface area contributed by atoms with E-state index in [1.807, 2.05) is 27.7 Å². The van der Waals surface area contributed by atoms with Gasteiger partial charge >= 0.3 is 42.3 Å². The van der Waals surface area contributed by atoms with Crippen LogP contribution in [0, 0.1) is 0 Å². The molecular formula is C36H74N12O9. The fraction of sp³-hybridized carbons (Fsp3) is 0.806. The van der Waals surface area contributed by atoms with Crippen LogP contribution in [0.2, 0.25) is 0 Å². The van der Waals surface area contributed by atoms with Crippen molar-refractivity contribution in [3.05, 3.63) is 0 Å². The predicted octanol–water partition coefficient (Wildman–Crippen LogP) is 2.28. The average molecular weight is 819 g/mol. The van der Waals surface area contributed by atoms with Gasteiger partial charge in [0, 0.05) is 75.0 Å². The number of hydrogen-bond acceptors (Lipinski definition) is 9. The minimum Gasteiger partial charge on any atom is -0.444 e. The van der Waals surface area contributed by atoms with Gasteiger partial charge in [-0.05, 0) is 104 Å². The van der Waals surface area contributed by atoms with E-state index < -0.39 is 35.5 Å². The molecule has 0 saturated heterocycles. The van der Waals surface area contributed by atoms with Gasteiger partial charge in [0.1, 0.15) is 11.2 Å². The predicted molar refractivity (Wildman–Crippen MR) is 219 cm³/mol. The third-order valence-corrected chi connectivity index (χ3v) is 6.34. The lowest BCUT2D eigenvalue weighted by Crippen LogP contribution is -2.52. The maximum Gasteiger partial charge on any atom is 0.407 e. The first-order valence-electron chi connectivity index (χ1n) is 19.3. The molecule has 21 nitrogen and oxygen atoms in total. The molecule has 57 heavy (non-hydrogen) atoms. The number of rotatable bonds is 17. The van der Waals surface area contributed by atoms with Crippen LogP contribution in [-0.4, -0.2) is 129 Å². The quantitative estimate of drug-likeness (QED) is 0.102. The summed E-state index contributed by atoms with van der Waals surface area (Å²) in [6.07, 6.45) is -1.09. The fourth-order valence-corrected chi connectivity index (χ4v) is 3.95. The van der Waals surface area contributed by atoms with Crippen LogP contribution in [0.3, 0.4) is 0 Å². The van der Waals surface area contributed by atoms with Gasteiger partial charge in [-0.1, -0.05) is 0 Å². The van der Waals surface area contributed by atoms with Crippen LogP contribution >= 0.6 is 0 Å². The second kappa shape index (κ2) is 27.5. The zero-order valence-electron chi connectivity index (χ0n) is 36.8. The zero-order valence-corrected chi connectivity index (χ0v) is 36.8. The molecule has 12 amide bonds. The van der Waals surface area contributed by atoms with Gasteiger partial charge in [0.15, 0.2) is 0 Å². The Morgan fingerprint density at radius 2 is 0.544 bits per heavy atom. The van der Waals surface area contributed by atoms with Crippen molar-refractivity contribution >= 4 is 42.3 Å². The van der Waals surface area contributed by atoms with E-state index in [-0.39, 0.29) is 86.6 Å². The van der Waals surface area contributed by atoms with Gasteiger partial charge in [-0.2, -0.15) is 0 Å². The monoisotopic (exact) mass is 819 g/mol. The van der Waals surface area contributed by atoms with E-state index in [4.69, 9.17) is 9.47 Å². The van der Waals surface area contributed by atoms with E-state index in [0.717, 1.165) is 0 Å². The maximum atomic E-state index is 12.0. The van der Waals surface area contributed by atoms with Gasteiger partial charge in [0.2, 0.25) is 0 Å². The smallest absolute Gasteiger partial charge is 0.407 e. The molecule has 0 aliphatic heterocycles. The van der Waals surface area contributed by atoms with Crippen LogP contribution in [0.5, 0.6) is 0 Å². The number of urea groups is 5. The van der Waals surface area contributed by atoms with Crippen molar-refractivity contribution in [3.63, 3.8) is 0 Å². The highest BCUT2D eigenvalue weighted by atomic mass is 16.6. The highest BCUT2D eigenvalue weighted by Crippen LogP contribution is 2.07. The molecule has 0 bridgehead atoms. The molecule has 21 heteroatoms. The highest BCUT2D eigenvalue weighted by molar-refractivity contribution is 5.77. The van der Waals surface area contributed by atoms with Crippen LogP contribution in [0.15, 0.2) is 0 Å². The first-order valence-corrected chi connectivity index (χ1v) is 19.3. The summed E-state index contributed by atoms with van der Waals surface area (Å²) < 4.78 is 10.3. The van der Waals surface area contributed by atoms with Gasteiger partial charge in [-0.15, -0.1) is 0 Å². The van der Waals surface area contributed by atoms with E-state index >= 15 is 0 Å². The molecule has 0 aliphatic rings. The molecule has 0 aliphatic carbocycles. The third-order valence-electron chi connectivity index (χ3n) is 6.34. The lowest BCUT2D eigenvalue weighted by atomic mass is 10.2. The Hall–Kier alpha value is -5.11. The van der Waals surface area contributed by atoms with Crippen molar-refractivity contribution in [2.24, 2.45) is 0 Å². The van der Waals surface area contributed by atoms with E-state index in [1.165, 1.54) is 0 Å². The summed E-state index contributed by atoms with van der Waals surface area (Å²) in [6, 6.07) is -3.19. The van der Waals surface area contributed by atoms with E-state index in [0.29, 0.717) is 6.54 Å². The summed E-state index contributed by atoms with van der Waals surface area (Å²) in [7, 11) is 0. The van der Waals surface area contributed by atoms with Crippen LogP contribution in [-0.2, 0) is 9.47 Å². The summed E-state index contributed by atoms with van der Waals surface area (Å²) >= 11 is 0. The molecule has 0 radical (unpaired) electrons. The second-order valence-electron chi connectivity index (χ2n) is 16.4. The summed E-state index contributed by atoms with van der Waals surface area (Å²) in [5.41, 5.74) is -1.17. The summed E-state index contributed by atoms with van der Waals surface area (Å²) in [5, 5.41) is 32.0. The first kappa shape index (κ1) is 54.0. The van der Waals surface area contributed by atoms with Crippen LogP contribution in [0.25, 0.3) is 0 Å². The summed E-state index contributed by atoms with van der Waals surface area (Å²) in [5.74, 6) is 0. The van der Waals surface area contributed by atoms with Crippen molar-refractivity contribution in [1.29, 1.82) is 0 Å². The molecule has 0 saturated carbocycles. The molecule has 5 atom stereocenters. The Morgan fingerprint density at radius 3 is 0.737 bits per heavy atom. The van der Waals surface area contributed by atoms with Crippen molar-refractivity contribution < 1.29 is 43.0 Å². The van der Waals surface area contributed by atoms with Crippen molar-refractivity contribution in [3.8, 4) is 0 Å². The van der Waals surface area contributed by atoms with Gasteiger partial charge in [-0.3, -0.25) is 0 Å². The zero-order chi connectivity index (χ0) is 44.5. The number of alkyl carbamates (subject to hydrolysis) is 2. The number of ether oxygens (including phenoxy) is 2. The molecule has 0 fully saturated rings. The van der Waals surface area contributed by atoms with E-state index in [9.17, 15) is 33.6 Å². The summed E-state index contributed by atoms with van der Waals surface area (Å²) in [4.78, 5) is 82.0. The van der Waals surface area contributed by atoms with Crippen molar-refractivity contribution in [2.75, 3.05) is 32.7 Å². The molecule has 0 aromatic carbocycles. The third kappa shape index (κ3) is 36.3. The van der Waals surface area contributed by atoms with Crippen LogP contribution in [0.1, 0.15) is 104 Å². The van der Waals surface area contributed by atoms with Crippen LogP contribution in [0.4, 0.5) is 33.6 Å². The molecule has 0 spiro atoms. The standard InChI is InChI=1S/C20H41N7O5.C16H33N5O4/c1-12(2)24-16(28)21-9-13(3)25-17(29)22-10-14(4)26-18(30)23-11-15(5)27-19(31)32-20(6,7)8;1-10(2)19-13(22)17-8-11(3)20-14(23)18-9-12(4)21-15(24)25-16(5,6)7/h12-15H,9-11H2,1-8H3,(H,27,31)(H2,21,24,28)(H2,22,25,29)(H2,23,26,30);10-12H,8-9H2,1-7H3,(H,21,24)(H2,17,19,22)(H2,18,20,23)/t13?,14-,15?;11?,12-/m00/s1. The molecule has 12 N–H and O–H groups in total. The fourth-order valence-electron chi connectivity index (χ4n) is 3.95. The molecule has 332 valence electrons. The molecule has 0 aromatic heterocycles. The average Bonchev–Trinajstić information content (AvgIpc) is 3.01. The largest absolute Gasteiger partial charge is 0.444 e. The second-order valence-corrected chi connectivity index (χ2v) is 16.4. The number of nitrogens with one attached hydrogen (secondary N) is 12. The molecule has 0 heterocycles. The van der Waals surface area contributed by atoms with E-state index in [1.54, 1.807) is 76.2 Å². The minimum absolute atomic E-state index is 0.0252. The van der Waals surface area contributed by atoms with Crippen molar-refractivity contribution in [1.82, 2.24) is 63.8 Å². The highest BCUT2D eigenvalue weighted by Gasteiger charge is 2.20. The first-order chi connectivity index (χ1) is 26.1. The lowest BCUT2D eigenvalue weighted by Gasteiger charge is -2.22. The Labute approximate surface area is 338 Å². The lowest BCUT2D eigenvalue weighted by molar-refractivity contribution is 0.0497. The Balaban J connectivity index is 0. The van der Waals surface area contributed by atoms with Gasteiger partial charge in [0.05, 0.1) is 0 Å². The summed E-state index contributed by atoms with van der Waals surface area (Å²) in [6.45, 7) is 28.1. The molecule has 0 rings (SSSR count). The normalized spacial score (nSPS) is 13.6. The van der Waals surface area contributed by atoms with Gasteiger partial charge in [-0.25, -0.2) is 33.6 Å². The van der Waals surface area contributed by atoms with Gasteiger partial charge in [0.25, 0.3) is 0 Å². The number of amides is 12. The van der Waals surface area contributed by atoms with Crippen LogP contribution < -0.4 is 63.8 Å². The Morgan fingerprint density at radius 1 is 0.351 bits per heavy atom. The maximum absolute atomic E-state index is 12.0. The minimum atomic E-state index is -0.597. The molecule has 3 unspecified atom stereocenters. The van der Waals surface area contributed by atoms with E-state index in [2.05, 4.69) is 63.8 Å². The SMILES string of the molecule is CC(C)NC(=O)NCC(C)NC(=O)NC[C@H](C)NC(=O)NCC(C)NC(=O)OC(C)(C)C.CC(C)NC(=O)NCC(C)NC(=O)NC[C@H](C)NC(=O)OC(C)(C)C. The number of carbonyl (C=O) groups excluding carboxylic acids is 7. The van der Waals surface area contributed by atoms with Crippen molar-refractivity contribution in [2.45, 2.75) is 157 Å². The van der Waals surface area contributed by atoms with Gasteiger partial charge < -0.3 is 73.3 Å². The Kier molecular flexibility index (Phi) is 26.0. The Bertz CT molecular complexity index is 1260. The molecular weight excluding hydrogens is 744 g/mol. The molecule has 0 aromatic rings. The number of hydrogen-bond donors (Lipinski definition) is 12. The number of carbonyl (C=O) groups is 7. The topological polar surface area (TPSA) is 282 Å².